The summed E-state index contributed by atoms with van der Waals surface area (Å²) in [4.78, 5) is 28.6. The van der Waals surface area contributed by atoms with E-state index in [9.17, 15) is 9.59 Å². The molecule has 1 aromatic rings. The second kappa shape index (κ2) is 7.64. The van der Waals surface area contributed by atoms with Gasteiger partial charge in [-0.1, -0.05) is 54.9 Å². The van der Waals surface area contributed by atoms with Crippen LogP contribution in [0.5, 0.6) is 0 Å². The minimum Gasteiger partial charge on any atom is -0.352 e. The average molecular weight is 331 g/mol. The van der Waals surface area contributed by atoms with E-state index < -0.39 is 0 Å². The first kappa shape index (κ1) is 16.1. The summed E-state index contributed by atoms with van der Waals surface area (Å²) in [5.41, 5.74) is 1.05. The van der Waals surface area contributed by atoms with Crippen molar-refractivity contribution < 1.29 is 9.59 Å². The van der Waals surface area contributed by atoms with Gasteiger partial charge in [-0.3, -0.25) is 14.6 Å². The number of hydrogen-bond donors (Lipinski definition) is 2. The molecule has 1 saturated carbocycles. The normalized spacial score (nSPS) is 23.2. The SMILES string of the molecule is O=C(C[C@H]1SC(=NC2CCCC2)NC1=O)NCc1ccccc1. The lowest BCUT2D eigenvalue weighted by Gasteiger charge is -2.07. The van der Waals surface area contributed by atoms with E-state index in [0.717, 1.165) is 18.4 Å². The molecule has 23 heavy (non-hydrogen) atoms. The minimum atomic E-state index is -0.370. The summed E-state index contributed by atoms with van der Waals surface area (Å²) in [6.07, 6.45) is 4.81. The second-order valence-electron chi connectivity index (χ2n) is 5.93. The van der Waals surface area contributed by atoms with E-state index in [1.807, 2.05) is 30.3 Å². The smallest absolute Gasteiger partial charge is 0.240 e. The van der Waals surface area contributed by atoms with Gasteiger partial charge in [0.05, 0.1) is 6.04 Å². The fraction of sp³-hybridized carbons (Fsp3) is 0.471. The number of benzene rings is 1. The van der Waals surface area contributed by atoms with Crippen molar-refractivity contribution in [2.75, 3.05) is 0 Å². The van der Waals surface area contributed by atoms with Crippen LogP contribution in [0.3, 0.4) is 0 Å². The van der Waals surface area contributed by atoms with Gasteiger partial charge in [0.25, 0.3) is 0 Å². The summed E-state index contributed by atoms with van der Waals surface area (Å²) in [7, 11) is 0. The lowest BCUT2D eigenvalue weighted by molar-refractivity contribution is -0.125. The number of hydrogen-bond acceptors (Lipinski definition) is 4. The highest BCUT2D eigenvalue weighted by Crippen LogP contribution is 2.26. The number of rotatable bonds is 5. The molecule has 2 fully saturated rings. The van der Waals surface area contributed by atoms with Crippen LogP contribution in [0.15, 0.2) is 35.3 Å². The Kier molecular flexibility index (Phi) is 5.33. The molecular weight excluding hydrogens is 310 g/mol. The summed E-state index contributed by atoms with van der Waals surface area (Å²) in [6.45, 7) is 0.488. The molecular formula is C17H21N3O2S. The molecule has 122 valence electrons. The van der Waals surface area contributed by atoms with E-state index in [2.05, 4.69) is 15.6 Å². The largest absolute Gasteiger partial charge is 0.352 e. The van der Waals surface area contributed by atoms with Crippen molar-refractivity contribution in [3.8, 4) is 0 Å². The molecule has 1 aliphatic heterocycles. The second-order valence-corrected chi connectivity index (χ2v) is 7.13. The number of aliphatic imine (C=N–C) groups is 1. The van der Waals surface area contributed by atoms with E-state index in [1.165, 1.54) is 24.6 Å². The number of amides is 2. The topological polar surface area (TPSA) is 70.6 Å². The first-order valence-electron chi connectivity index (χ1n) is 8.06. The minimum absolute atomic E-state index is 0.108. The molecule has 0 radical (unpaired) electrons. The van der Waals surface area contributed by atoms with E-state index in [4.69, 9.17) is 0 Å². The zero-order chi connectivity index (χ0) is 16.1. The van der Waals surface area contributed by atoms with Gasteiger partial charge in [0.1, 0.15) is 5.25 Å². The molecule has 1 aliphatic carbocycles. The van der Waals surface area contributed by atoms with Crippen LogP contribution in [0.1, 0.15) is 37.7 Å². The number of nitrogens with zero attached hydrogens (tertiary/aromatic N) is 1. The van der Waals surface area contributed by atoms with Crippen molar-refractivity contribution in [3.63, 3.8) is 0 Å². The molecule has 0 spiro atoms. The van der Waals surface area contributed by atoms with Crippen LogP contribution >= 0.6 is 11.8 Å². The van der Waals surface area contributed by atoms with E-state index in [-0.39, 0.29) is 23.5 Å². The Hall–Kier alpha value is -1.82. The van der Waals surface area contributed by atoms with Gasteiger partial charge in [0.2, 0.25) is 11.8 Å². The first-order chi connectivity index (χ1) is 11.2. The standard InChI is InChI=1S/C17H21N3O2S/c21-15(18-11-12-6-2-1-3-7-12)10-14-16(22)20-17(23-14)19-13-8-4-5-9-13/h1-3,6-7,13-14H,4-5,8-11H2,(H,18,21)(H,19,20,22)/t14-/m1/s1. The maximum absolute atomic E-state index is 12.0. The summed E-state index contributed by atoms with van der Waals surface area (Å²) in [6, 6.07) is 10.1. The predicted octanol–water partition coefficient (Wildman–Crippen LogP) is 2.22. The van der Waals surface area contributed by atoms with Gasteiger partial charge in [-0.15, -0.1) is 0 Å². The molecule has 1 saturated heterocycles. The van der Waals surface area contributed by atoms with Gasteiger partial charge in [-0.25, -0.2) is 0 Å². The Morgan fingerprint density at radius 3 is 2.74 bits per heavy atom. The molecule has 2 aliphatic rings. The Balaban J connectivity index is 1.47. The van der Waals surface area contributed by atoms with Crippen molar-refractivity contribution in [3.05, 3.63) is 35.9 Å². The van der Waals surface area contributed by atoms with Gasteiger partial charge in [-0.05, 0) is 18.4 Å². The van der Waals surface area contributed by atoms with E-state index in [1.54, 1.807) is 0 Å². The Bertz CT molecular complexity index is 597. The molecule has 2 N–H and O–H groups in total. The lowest BCUT2D eigenvalue weighted by atomic mass is 10.2. The van der Waals surface area contributed by atoms with Crippen molar-refractivity contribution in [1.82, 2.24) is 10.6 Å². The Labute approximate surface area is 140 Å². The number of thioether (sulfide) groups is 1. The summed E-state index contributed by atoms with van der Waals surface area (Å²) in [5.74, 6) is -0.217. The molecule has 6 heteroatoms. The van der Waals surface area contributed by atoms with Gasteiger partial charge in [0.15, 0.2) is 5.17 Å². The lowest BCUT2D eigenvalue weighted by Crippen LogP contribution is -2.31. The van der Waals surface area contributed by atoms with Crippen LogP contribution in [0.2, 0.25) is 0 Å². The monoisotopic (exact) mass is 331 g/mol. The van der Waals surface area contributed by atoms with Crippen LogP contribution < -0.4 is 10.6 Å². The van der Waals surface area contributed by atoms with Gasteiger partial charge >= 0.3 is 0 Å². The molecule has 5 nitrogen and oxygen atoms in total. The van der Waals surface area contributed by atoms with Crippen molar-refractivity contribution in [2.24, 2.45) is 4.99 Å². The van der Waals surface area contributed by atoms with Crippen LogP contribution in [0.4, 0.5) is 0 Å². The molecule has 1 heterocycles. The maximum Gasteiger partial charge on any atom is 0.240 e. The van der Waals surface area contributed by atoms with E-state index in [0.29, 0.717) is 17.8 Å². The summed E-state index contributed by atoms with van der Waals surface area (Å²) in [5, 5.41) is 5.98. The van der Waals surface area contributed by atoms with Crippen LogP contribution in [-0.4, -0.2) is 28.3 Å². The highest BCUT2D eigenvalue weighted by Gasteiger charge is 2.32. The number of amidine groups is 1. The van der Waals surface area contributed by atoms with Gasteiger partial charge < -0.3 is 10.6 Å². The summed E-state index contributed by atoms with van der Waals surface area (Å²) >= 11 is 1.38. The summed E-state index contributed by atoms with van der Waals surface area (Å²) < 4.78 is 0. The third-order valence-electron chi connectivity index (χ3n) is 4.10. The van der Waals surface area contributed by atoms with Crippen LogP contribution in [0, 0.1) is 0 Å². The Morgan fingerprint density at radius 1 is 1.26 bits per heavy atom. The first-order valence-corrected chi connectivity index (χ1v) is 8.94. The number of carbonyl (C=O) groups is 2. The van der Waals surface area contributed by atoms with Crippen LogP contribution in [-0.2, 0) is 16.1 Å². The van der Waals surface area contributed by atoms with Gasteiger partial charge in [-0.2, -0.15) is 0 Å². The van der Waals surface area contributed by atoms with Crippen molar-refractivity contribution in [2.45, 2.75) is 49.9 Å². The Morgan fingerprint density at radius 2 is 2.00 bits per heavy atom. The number of nitrogens with one attached hydrogen (secondary N) is 2. The maximum atomic E-state index is 12.0. The fourth-order valence-electron chi connectivity index (χ4n) is 2.84. The third-order valence-corrected chi connectivity index (χ3v) is 5.20. The fourth-order valence-corrected chi connectivity index (χ4v) is 3.88. The molecule has 2 amide bonds. The van der Waals surface area contributed by atoms with E-state index >= 15 is 0 Å². The van der Waals surface area contributed by atoms with Crippen molar-refractivity contribution >= 4 is 28.7 Å². The third kappa shape index (κ3) is 4.58. The highest BCUT2D eigenvalue weighted by molar-refractivity contribution is 8.15. The molecule has 0 aromatic heterocycles. The van der Waals surface area contributed by atoms with Gasteiger partial charge in [0, 0.05) is 13.0 Å². The number of carbonyl (C=O) groups excluding carboxylic acids is 2. The molecule has 0 bridgehead atoms. The molecule has 0 unspecified atom stereocenters. The molecule has 1 atom stereocenters. The average Bonchev–Trinajstić information content (AvgIpc) is 3.17. The zero-order valence-electron chi connectivity index (χ0n) is 13.0. The highest BCUT2D eigenvalue weighted by atomic mass is 32.2. The van der Waals surface area contributed by atoms with Crippen molar-refractivity contribution in [1.29, 1.82) is 0 Å². The predicted molar refractivity (Wildman–Crippen MR) is 92.1 cm³/mol. The molecule has 3 rings (SSSR count). The quantitative estimate of drug-likeness (QED) is 0.869. The molecule has 1 aromatic carbocycles. The zero-order valence-corrected chi connectivity index (χ0v) is 13.8. The van der Waals surface area contributed by atoms with Crippen LogP contribution in [0.25, 0.3) is 0 Å².